The molecule has 0 fully saturated rings. The van der Waals surface area contributed by atoms with E-state index in [0.29, 0.717) is 18.0 Å². The average molecular weight is 475 g/mol. The molecule has 0 bridgehead atoms. The van der Waals surface area contributed by atoms with Crippen molar-refractivity contribution < 1.29 is 24.6 Å². The van der Waals surface area contributed by atoms with E-state index in [2.05, 4.69) is 12.2 Å². The van der Waals surface area contributed by atoms with E-state index >= 15 is 0 Å². The number of carbonyl (C=O) groups is 2. The van der Waals surface area contributed by atoms with Gasteiger partial charge in [-0.1, -0.05) is 24.6 Å². The van der Waals surface area contributed by atoms with E-state index < -0.39 is 11.9 Å². The van der Waals surface area contributed by atoms with E-state index in [1.54, 1.807) is 18.3 Å². The number of aromatic carboxylic acids is 1. The Balaban J connectivity index is 1.81. The molecular formula is C26H28N5O4+. The van der Waals surface area contributed by atoms with Crippen LogP contribution in [0.3, 0.4) is 0 Å². The van der Waals surface area contributed by atoms with Gasteiger partial charge in [-0.15, -0.1) is 0 Å². The average Bonchev–Trinajstić information content (AvgIpc) is 3.22. The number of nitrogens with two attached hydrogens (primary N) is 1. The van der Waals surface area contributed by atoms with Gasteiger partial charge >= 0.3 is 5.97 Å². The van der Waals surface area contributed by atoms with Crippen LogP contribution in [0, 0.1) is 0 Å². The van der Waals surface area contributed by atoms with Gasteiger partial charge in [0.05, 0.1) is 22.2 Å². The van der Waals surface area contributed by atoms with E-state index in [0.717, 1.165) is 40.6 Å². The van der Waals surface area contributed by atoms with Crippen molar-refractivity contribution in [2.75, 3.05) is 11.9 Å². The molecule has 0 saturated heterocycles. The third-order valence-corrected chi connectivity index (χ3v) is 5.92. The molecule has 2 heterocycles. The Morgan fingerprint density at radius 1 is 1.11 bits per heavy atom. The summed E-state index contributed by atoms with van der Waals surface area (Å²) < 4.78 is 2.99. The first-order chi connectivity index (χ1) is 16.9. The summed E-state index contributed by atoms with van der Waals surface area (Å²) in [6, 6.07) is 15.2. The Labute approximate surface area is 202 Å². The maximum absolute atomic E-state index is 13.1. The van der Waals surface area contributed by atoms with Crippen molar-refractivity contribution in [3.8, 4) is 11.1 Å². The summed E-state index contributed by atoms with van der Waals surface area (Å²) in [7, 11) is 0. The van der Waals surface area contributed by atoms with Gasteiger partial charge in [0.1, 0.15) is 0 Å². The van der Waals surface area contributed by atoms with Gasteiger partial charge in [-0.25, -0.2) is 9.78 Å². The number of para-hydroxylation sites is 1. The van der Waals surface area contributed by atoms with Crippen LogP contribution in [0.4, 0.5) is 5.95 Å². The van der Waals surface area contributed by atoms with Gasteiger partial charge in [-0.05, 0) is 56.6 Å². The zero-order chi connectivity index (χ0) is 24.9. The van der Waals surface area contributed by atoms with E-state index in [4.69, 9.17) is 10.7 Å². The number of aromatic nitrogens is 3. The Morgan fingerprint density at radius 2 is 1.89 bits per heavy atom. The minimum Gasteiger partial charge on any atom is -0.478 e. The fourth-order valence-corrected chi connectivity index (χ4v) is 4.20. The van der Waals surface area contributed by atoms with Crippen molar-refractivity contribution in [1.29, 1.82) is 0 Å². The predicted octanol–water partition coefficient (Wildman–Crippen LogP) is 3.87. The summed E-state index contributed by atoms with van der Waals surface area (Å²) in [4.78, 5) is 29.1. The number of amides is 1. The smallest absolute Gasteiger partial charge is 0.335 e. The molecule has 180 valence electrons. The van der Waals surface area contributed by atoms with Crippen LogP contribution in [0.2, 0.25) is 0 Å². The number of unbranched alkanes of at least 4 members (excludes halogenated alkanes) is 1. The van der Waals surface area contributed by atoms with Gasteiger partial charge in [-0.3, -0.25) is 15.3 Å². The van der Waals surface area contributed by atoms with E-state index in [-0.39, 0.29) is 17.2 Å². The van der Waals surface area contributed by atoms with Crippen LogP contribution in [0.15, 0.2) is 67.0 Å². The number of carboxylic acids is 1. The molecule has 5 N–H and O–H groups in total. The molecule has 1 amide bonds. The number of carbonyl (C=O) groups excluding carboxylic acids is 1. The highest BCUT2D eigenvalue weighted by Crippen LogP contribution is 2.34. The summed E-state index contributed by atoms with van der Waals surface area (Å²) in [6.07, 6.45) is 5.77. The van der Waals surface area contributed by atoms with Gasteiger partial charge in [0, 0.05) is 28.0 Å². The molecule has 0 aliphatic heterocycles. The van der Waals surface area contributed by atoms with Gasteiger partial charge in [0.2, 0.25) is 18.3 Å². The Kier molecular flexibility index (Phi) is 7.07. The Hall–Kier alpha value is -4.24. The molecule has 0 saturated carbocycles. The standard InChI is InChI=1S/C26H27N5O4/c1-17(7-2-3-13-27)31-23-21(20-10-6-14-30(35)16-20)11-5-12-22(23)28-26(31)29-24(32)18-8-4-9-19(15-18)25(33)34/h4-6,8-12,14-17H,2-3,7,13,27H2,1H3,(H2-,28,29,32,33,34,35)/p+1. The number of nitrogens with zero attached hydrogens (tertiary/aromatic N) is 3. The normalized spacial score (nSPS) is 11.9. The van der Waals surface area contributed by atoms with Crippen LogP contribution in [0.1, 0.15) is 52.9 Å². The second-order valence-electron chi connectivity index (χ2n) is 8.42. The maximum atomic E-state index is 13.1. The molecule has 35 heavy (non-hydrogen) atoms. The molecule has 2 aromatic heterocycles. The fraction of sp³-hybridized carbons (Fsp3) is 0.231. The van der Waals surface area contributed by atoms with Crippen LogP contribution in [0.5, 0.6) is 0 Å². The first kappa shape index (κ1) is 23.9. The lowest BCUT2D eigenvalue weighted by molar-refractivity contribution is -0.904. The summed E-state index contributed by atoms with van der Waals surface area (Å²) in [5.41, 5.74) is 9.12. The predicted molar refractivity (Wildman–Crippen MR) is 132 cm³/mol. The molecule has 9 heteroatoms. The fourth-order valence-electron chi connectivity index (χ4n) is 4.20. The molecule has 4 rings (SSSR count). The first-order valence-corrected chi connectivity index (χ1v) is 11.5. The van der Waals surface area contributed by atoms with Crippen LogP contribution in [-0.2, 0) is 0 Å². The van der Waals surface area contributed by atoms with E-state index in [1.807, 2.05) is 28.8 Å². The minimum atomic E-state index is -1.10. The van der Waals surface area contributed by atoms with Crippen LogP contribution < -0.4 is 15.8 Å². The molecule has 1 unspecified atom stereocenters. The first-order valence-electron chi connectivity index (χ1n) is 11.5. The maximum Gasteiger partial charge on any atom is 0.335 e. The lowest BCUT2D eigenvalue weighted by atomic mass is 10.0. The molecule has 1 atom stereocenters. The minimum absolute atomic E-state index is 0.0154. The molecule has 0 spiro atoms. The molecule has 2 aromatic carbocycles. The highest BCUT2D eigenvalue weighted by molar-refractivity contribution is 6.06. The number of carboxylic acid groups (broad SMARTS) is 1. The lowest BCUT2D eigenvalue weighted by Gasteiger charge is -2.19. The second kappa shape index (κ2) is 10.4. The van der Waals surface area contributed by atoms with Crippen LogP contribution in [-0.4, -0.2) is 38.3 Å². The molecular weight excluding hydrogens is 446 g/mol. The molecule has 0 radical (unpaired) electrons. The molecule has 0 aliphatic carbocycles. The quantitative estimate of drug-likeness (QED) is 0.165. The molecule has 9 nitrogen and oxygen atoms in total. The van der Waals surface area contributed by atoms with E-state index in [9.17, 15) is 19.9 Å². The highest BCUT2D eigenvalue weighted by Gasteiger charge is 2.22. The summed E-state index contributed by atoms with van der Waals surface area (Å²) in [6.45, 7) is 2.67. The summed E-state index contributed by atoms with van der Waals surface area (Å²) in [5, 5.41) is 22.1. The third-order valence-electron chi connectivity index (χ3n) is 5.92. The van der Waals surface area contributed by atoms with Crippen molar-refractivity contribution in [3.63, 3.8) is 0 Å². The van der Waals surface area contributed by atoms with Gasteiger partial charge in [0.25, 0.3) is 5.91 Å². The number of hydrogen-bond acceptors (Lipinski definition) is 5. The van der Waals surface area contributed by atoms with Crippen molar-refractivity contribution in [3.05, 3.63) is 78.1 Å². The highest BCUT2D eigenvalue weighted by atomic mass is 16.5. The van der Waals surface area contributed by atoms with Gasteiger partial charge in [-0.2, -0.15) is 0 Å². The number of hydrogen-bond donors (Lipinski definition) is 4. The number of fused-ring (bicyclic) bond motifs is 1. The van der Waals surface area contributed by atoms with Crippen molar-refractivity contribution >= 4 is 28.9 Å². The monoisotopic (exact) mass is 474 g/mol. The second-order valence-corrected chi connectivity index (χ2v) is 8.42. The number of imidazole rings is 1. The number of rotatable bonds is 9. The Bertz CT molecular complexity index is 1380. The van der Waals surface area contributed by atoms with Crippen LogP contribution in [0.25, 0.3) is 22.2 Å². The molecule has 0 aliphatic rings. The zero-order valence-corrected chi connectivity index (χ0v) is 19.4. The number of benzene rings is 2. The van der Waals surface area contributed by atoms with Crippen molar-refractivity contribution in [2.45, 2.75) is 32.2 Å². The topological polar surface area (TPSA) is 134 Å². The largest absolute Gasteiger partial charge is 0.478 e. The van der Waals surface area contributed by atoms with Crippen LogP contribution >= 0.6 is 0 Å². The molecule has 4 aromatic rings. The van der Waals surface area contributed by atoms with Gasteiger partial charge < -0.3 is 15.4 Å². The van der Waals surface area contributed by atoms with Crippen molar-refractivity contribution in [1.82, 2.24) is 9.55 Å². The number of pyridine rings is 1. The number of anilines is 1. The van der Waals surface area contributed by atoms with Gasteiger partial charge in [0.15, 0.2) is 0 Å². The van der Waals surface area contributed by atoms with Crippen molar-refractivity contribution in [2.24, 2.45) is 5.73 Å². The Morgan fingerprint density at radius 3 is 2.63 bits per heavy atom. The SMILES string of the molecule is CC(CCCCN)n1c(NC(=O)c2cccc(C(=O)O)c2)nc2cccc(-c3ccc[n+](O)c3)c21. The zero-order valence-electron chi connectivity index (χ0n) is 19.4. The number of nitrogens with one attached hydrogen (secondary N) is 1. The third kappa shape index (κ3) is 5.15. The summed E-state index contributed by atoms with van der Waals surface area (Å²) >= 11 is 0. The lowest BCUT2D eigenvalue weighted by Crippen LogP contribution is -2.28. The van der Waals surface area contributed by atoms with E-state index in [1.165, 1.54) is 24.4 Å². The summed E-state index contributed by atoms with van der Waals surface area (Å²) in [5.74, 6) is -1.19.